The zero-order chi connectivity index (χ0) is 29.2. The summed E-state index contributed by atoms with van der Waals surface area (Å²) in [5, 5.41) is 4.26. The van der Waals surface area contributed by atoms with Gasteiger partial charge in [0, 0.05) is 49.9 Å². The molecule has 0 unspecified atom stereocenters. The molecule has 214 valence electrons. The van der Waals surface area contributed by atoms with E-state index in [1.807, 2.05) is 4.90 Å². The molecule has 2 heterocycles. The van der Waals surface area contributed by atoms with E-state index in [1.54, 1.807) is 29.8 Å². The van der Waals surface area contributed by atoms with Gasteiger partial charge in [0.2, 0.25) is 11.8 Å². The maximum atomic E-state index is 13.7. The molecule has 1 aromatic heterocycles. The first-order valence-electron chi connectivity index (χ1n) is 12.0. The summed E-state index contributed by atoms with van der Waals surface area (Å²) >= 11 is 0. The number of carbonyl (C=O) groups excluding carboxylic acids is 2. The van der Waals surface area contributed by atoms with E-state index in [-0.39, 0.29) is 31.0 Å². The highest BCUT2D eigenvalue weighted by Gasteiger charge is 2.36. The van der Waals surface area contributed by atoms with E-state index in [1.165, 1.54) is 13.4 Å². The zero-order valence-electron chi connectivity index (χ0n) is 21.4. The van der Waals surface area contributed by atoms with Crippen molar-refractivity contribution in [2.45, 2.75) is 19.5 Å². The Morgan fingerprint density at radius 3 is 2.38 bits per heavy atom. The molecule has 9 nitrogen and oxygen atoms in total. The van der Waals surface area contributed by atoms with Gasteiger partial charge in [-0.15, -0.1) is 0 Å². The molecule has 15 heteroatoms. The lowest BCUT2D eigenvalue weighted by atomic mass is 10.2. The topological polar surface area (TPSA) is 83.8 Å². The number of hydrogen-bond acceptors (Lipinski definition) is 6. The zero-order valence-corrected chi connectivity index (χ0v) is 21.4. The van der Waals surface area contributed by atoms with E-state index >= 15 is 0 Å². The van der Waals surface area contributed by atoms with Crippen molar-refractivity contribution in [3.05, 3.63) is 59.9 Å². The number of hydrogen-bond donors (Lipinski definition) is 0. The minimum atomic E-state index is -4.94. The summed E-state index contributed by atoms with van der Waals surface area (Å²) in [6.07, 6.45) is -3.46. The van der Waals surface area contributed by atoms with Crippen molar-refractivity contribution in [2.75, 3.05) is 49.6 Å². The summed E-state index contributed by atoms with van der Waals surface area (Å²) in [4.78, 5) is 32.8. The summed E-state index contributed by atoms with van der Waals surface area (Å²) in [5.74, 6) is -6.08. The number of methoxy groups -OCH3 is 1. The van der Waals surface area contributed by atoms with Gasteiger partial charge in [0.25, 0.3) is 0 Å². The van der Waals surface area contributed by atoms with Gasteiger partial charge in [-0.3, -0.25) is 9.59 Å². The van der Waals surface area contributed by atoms with Crippen LogP contribution in [0.5, 0.6) is 5.75 Å². The van der Waals surface area contributed by atoms with Crippen LogP contribution in [-0.2, 0) is 9.59 Å². The lowest BCUT2D eigenvalue weighted by molar-refractivity contribution is -0.138. The molecular weight excluding hydrogens is 546 g/mol. The Morgan fingerprint density at radius 1 is 1.07 bits per heavy atom. The molecule has 1 saturated heterocycles. The van der Waals surface area contributed by atoms with Crippen LogP contribution in [0.4, 0.5) is 37.7 Å². The predicted molar refractivity (Wildman–Crippen MR) is 131 cm³/mol. The van der Waals surface area contributed by atoms with Crippen LogP contribution in [0.25, 0.3) is 5.69 Å². The largest absolute Gasteiger partial charge is 0.494 e. The van der Waals surface area contributed by atoms with Crippen molar-refractivity contribution < 1.29 is 40.7 Å². The fraction of sp³-hybridized carbons (Fsp3) is 0.360. The van der Waals surface area contributed by atoms with E-state index in [9.17, 15) is 35.9 Å². The average molecular weight is 570 g/mol. The highest BCUT2D eigenvalue weighted by atomic mass is 19.4. The second-order valence-corrected chi connectivity index (χ2v) is 8.96. The molecule has 4 rings (SSSR count). The molecule has 0 aliphatic carbocycles. The van der Waals surface area contributed by atoms with E-state index in [4.69, 9.17) is 4.74 Å². The smallest absolute Gasteiger partial charge is 0.406 e. The first kappa shape index (κ1) is 28.7. The van der Waals surface area contributed by atoms with Crippen LogP contribution in [0.3, 0.4) is 0 Å². The Kier molecular flexibility index (Phi) is 8.21. The molecule has 0 radical (unpaired) electrons. The molecule has 0 N–H and O–H groups in total. The van der Waals surface area contributed by atoms with E-state index in [0.29, 0.717) is 35.1 Å². The molecule has 0 spiro atoms. The van der Waals surface area contributed by atoms with Crippen LogP contribution < -0.4 is 14.5 Å². The Morgan fingerprint density at radius 2 is 1.77 bits per heavy atom. The minimum absolute atomic E-state index is 0.0249. The summed E-state index contributed by atoms with van der Waals surface area (Å²) in [6.45, 7) is -0.485. The second kappa shape index (κ2) is 11.4. The molecule has 2 amide bonds. The fourth-order valence-electron chi connectivity index (χ4n) is 4.26. The average Bonchev–Trinajstić information content (AvgIpc) is 3.25. The number of halogens is 6. The normalized spacial score (nSPS) is 14.3. The molecule has 1 fully saturated rings. The lowest BCUT2D eigenvalue weighted by Crippen LogP contribution is -2.47. The Balaban J connectivity index is 1.51. The Labute approximate surface area is 224 Å². The van der Waals surface area contributed by atoms with Crippen LogP contribution in [0.1, 0.15) is 12.2 Å². The number of aryl methyl sites for hydroxylation is 1. The van der Waals surface area contributed by atoms with Crippen LogP contribution in [0.2, 0.25) is 0 Å². The third-order valence-corrected chi connectivity index (χ3v) is 6.21. The molecular formula is C25H24F6N6O3. The van der Waals surface area contributed by atoms with Gasteiger partial charge in [0.15, 0.2) is 17.5 Å². The summed E-state index contributed by atoms with van der Waals surface area (Å²) in [6, 6.07) is 5.87. The lowest BCUT2D eigenvalue weighted by Gasteiger charge is -2.28. The van der Waals surface area contributed by atoms with E-state index < -0.39 is 54.2 Å². The molecule has 2 aromatic carbocycles. The number of aromatic nitrogens is 3. The molecule has 40 heavy (non-hydrogen) atoms. The standard InChI is InChI=1S/C25H24F6N6O3/c1-15-32-14-37(33-15)20-4-3-16(11-21(20)40-2)34-6-5-22(38)35(8-7-34)12-23(39)36(13-25(29,30)31)17-9-18(26)24(28)19(27)10-17/h3-4,9-11,14H,5-8,12-13H2,1-2H3. The van der Waals surface area contributed by atoms with Crippen molar-refractivity contribution >= 4 is 23.2 Å². The minimum Gasteiger partial charge on any atom is -0.494 e. The number of ether oxygens (including phenoxy) is 1. The quantitative estimate of drug-likeness (QED) is 0.319. The van der Waals surface area contributed by atoms with Gasteiger partial charge in [-0.25, -0.2) is 22.8 Å². The van der Waals surface area contributed by atoms with Gasteiger partial charge in [-0.2, -0.15) is 18.3 Å². The SMILES string of the molecule is COc1cc(N2CCC(=O)N(CC(=O)N(CC(F)(F)F)c3cc(F)c(F)c(F)c3)CC2)ccc1-n1cnc(C)n1. The van der Waals surface area contributed by atoms with Crippen molar-refractivity contribution in [2.24, 2.45) is 0 Å². The molecule has 0 saturated carbocycles. The van der Waals surface area contributed by atoms with Gasteiger partial charge in [0.05, 0.1) is 12.8 Å². The van der Waals surface area contributed by atoms with Crippen molar-refractivity contribution in [1.29, 1.82) is 0 Å². The summed E-state index contributed by atoms with van der Waals surface area (Å²) in [7, 11) is 1.48. The number of alkyl halides is 3. The van der Waals surface area contributed by atoms with Gasteiger partial charge < -0.3 is 19.4 Å². The highest BCUT2D eigenvalue weighted by Crippen LogP contribution is 2.30. The Bertz CT molecular complexity index is 1390. The van der Waals surface area contributed by atoms with Gasteiger partial charge >= 0.3 is 6.18 Å². The highest BCUT2D eigenvalue weighted by molar-refractivity contribution is 5.97. The number of amides is 2. The van der Waals surface area contributed by atoms with Crippen molar-refractivity contribution in [3.8, 4) is 11.4 Å². The first-order valence-corrected chi connectivity index (χ1v) is 12.0. The summed E-state index contributed by atoms with van der Waals surface area (Å²) in [5.41, 5.74) is 0.496. The number of nitrogens with zero attached hydrogens (tertiary/aromatic N) is 6. The van der Waals surface area contributed by atoms with Crippen LogP contribution in [-0.4, -0.2) is 77.5 Å². The van der Waals surface area contributed by atoms with Crippen LogP contribution >= 0.6 is 0 Å². The van der Waals surface area contributed by atoms with Crippen molar-refractivity contribution in [3.63, 3.8) is 0 Å². The first-order chi connectivity index (χ1) is 18.9. The monoisotopic (exact) mass is 570 g/mol. The maximum Gasteiger partial charge on any atom is 0.406 e. The predicted octanol–water partition coefficient (Wildman–Crippen LogP) is 3.64. The van der Waals surface area contributed by atoms with Gasteiger partial charge in [-0.1, -0.05) is 0 Å². The third kappa shape index (κ3) is 6.46. The van der Waals surface area contributed by atoms with Crippen LogP contribution in [0.15, 0.2) is 36.7 Å². The fourth-order valence-corrected chi connectivity index (χ4v) is 4.26. The molecule has 0 bridgehead atoms. The molecule has 1 aliphatic heterocycles. The number of carbonyl (C=O) groups is 2. The molecule has 1 aliphatic rings. The third-order valence-electron chi connectivity index (χ3n) is 6.21. The van der Waals surface area contributed by atoms with Gasteiger partial charge in [0.1, 0.15) is 36.7 Å². The molecule has 0 atom stereocenters. The number of anilines is 2. The maximum absolute atomic E-state index is 13.7. The van der Waals surface area contributed by atoms with E-state index in [0.717, 1.165) is 4.90 Å². The van der Waals surface area contributed by atoms with Crippen molar-refractivity contribution in [1.82, 2.24) is 19.7 Å². The molecule has 3 aromatic rings. The van der Waals surface area contributed by atoms with Gasteiger partial charge in [-0.05, 0) is 19.1 Å². The summed E-state index contributed by atoms with van der Waals surface area (Å²) < 4.78 is 87.5. The number of benzene rings is 2. The van der Waals surface area contributed by atoms with E-state index in [2.05, 4.69) is 10.1 Å². The number of rotatable bonds is 7. The second-order valence-electron chi connectivity index (χ2n) is 8.96. The Hall–Kier alpha value is -4.30. The van der Waals surface area contributed by atoms with Crippen LogP contribution in [0, 0.1) is 24.4 Å².